The lowest BCUT2D eigenvalue weighted by Gasteiger charge is -2.15. The Balaban J connectivity index is 2.17. The van der Waals surface area contributed by atoms with Crippen LogP contribution in [-0.4, -0.2) is 43.9 Å². The van der Waals surface area contributed by atoms with E-state index in [2.05, 4.69) is 0 Å². The van der Waals surface area contributed by atoms with E-state index in [1.165, 1.54) is 12.1 Å². The van der Waals surface area contributed by atoms with Crippen LogP contribution in [0.5, 0.6) is 0 Å². The first-order valence-electron chi connectivity index (χ1n) is 5.61. The topological polar surface area (TPSA) is 54.5 Å². The van der Waals surface area contributed by atoms with Crippen molar-refractivity contribution in [2.24, 2.45) is 0 Å². The minimum Gasteiger partial charge on any atom is -0.337 e. The Labute approximate surface area is 111 Å². The molecule has 4 nitrogen and oxygen atoms in total. The van der Waals surface area contributed by atoms with E-state index in [1.54, 1.807) is 17.0 Å². The van der Waals surface area contributed by atoms with Crippen molar-refractivity contribution >= 4 is 27.3 Å². The molecule has 0 aliphatic carbocycles. The van der Waals surface area contributed by atoms with Crippen LogP contribution in [0.1, 0.15) is 16.8 Å². The van der Waals surface area contributed by atoms with Gasteiger partial charge in [0.2, 0.25) is 0 Å². The van der Waals surface area contributed by atoms with Gasteiger partial charge in [0.1, 0.15) is 0 Å². The summed E-state index contributed by atoms with van der Waals surface area (Å²) in [6.45, 7) is 1.20. The molecule has 1 fully saturated rings. The SMILES string of the molecule is CS(=O)(=O)c1ccc(C(=O)N2CCC(Cl)C2)cc1. The summed E-state index contributed by atoms with van der Waals surface area (Å²) < 4.78 is 22.6. The number of hydrogen-bond acceptors (Lipinski definition) is 3. The molecule has 1 saturated heterocycles. The van der Waals surface area contributed by atoms with Gasteiger partial charge in [-0.05, 0) is 30.7 Å². The summed E-state index contributed by atoms with van der Waals surface area (Å²) in [5, 5.41) is 0.0178. The number of likely N-dealkylation sites (tertiary alicyclic amines) is 1. The summed E-state index contributed by atoms with van der Waals surface area (Å²) in [6, 6.07) is 5.99. The fraction of sp³-hybridized carbons (Fsp3) is 0.417. The zero-order chi connectivity index (χ0) is 13.3. The Kier molecular flexibility index (Phi) is 3.64. The van der Waals surface area contributed by atoms with Crippen LogP contribution >= 0.6 is 11.6 Å². The fourth-order valence-electron chi connectivity index (χ4n) is 1.93. The Hall–Kier alpha value is -1.07. The van der Waals surface area contributed by atoms with E-state index < -0.39 is 9.84 Å². The first-order chi connectivity index (χ1) is 8.38. The summed E-state index contributed by atoms with van der Waals surface area (Å²) in [6.07, 6.45) is 1.94. The molecule has 1 unspecified atom stereocenters. The first kappa shape index (κ1) is 13.4. The van der Waals surface area contributed by atoms with Gasteiger partial charge in [0, 0.05) is 24.9 Å². The van der Waals surface area contributed by atoms with E-state index >= 15 is 0 Å². The molecule has 6 heteroatoms. The van der Waals surface area contributed by atoms with Gasteiger partial charge in [-0.15, -0.1) is 11.6 Å². The van der Waals surface area contributed by atoms with Crippen molar-refractivity contribution in [2.45, 2.75) is 16.7 Å². The summed E-state index contributed by atoms with van der Waals surface area (Å²) in [5.41, 5.74) is 0.494. The molecule has 0 spiro atoms. The Morgan fingerprint density at radius 3 is 2.39 bits per heavy atom. The smallest absolute Gasteiger partial charge is 0.253 e. The highest BCUT2D eigenvalue weighted by Gasteiger charge is 2.25. The molecule has 98 valence electrons. The predicted octanol–water partition coefficient (Wildman–Crippen LogP) is 1.54. The molecule has 1 aromatic rings. The molecule has 1 heterocycles. The van der Waals surface area contributed by atoms with Gasteiger partial charge in [-0.1, -0.05) is 0 Å². The quantitative estimate of drug-likeness (QED) is 0.776. The molecular weight excluding hydrogens is 274 g/mol. The Morgan fingerprint density at radius 1 is 1.33 bits per heavy atom. The van der Waals surface area contributed by atoms with Gasteiger partial charge in [0.15, 0.2) is 9.84 Å². The van der Waals surface area contributed by atoms with E-state index in [0.717, 1.165) is 12.7 Å². The van der Waals surface area contributed by atoms with Crippen molar-refractivity contribution in [3.8, 4) is 0 Å². The molecule has 1 amide bonds. The number of rotatable bonds is 2. The highest BCUT2D eigenvalue weighted by molar-refractivity contribution is 7.90. The third-order valence-corrected chi connectivity index (χ3v) is 4.43. The number of benzene rings is 1. The number of hydrogen-bond donors (Lipinski definition) is 0. The molecule has 0 bridgehead atoms. The largest absolute Gasteiger partial charge is 0.337 e. The fourth-order valence-corrected chi connectivity index (χ4v) is 2.82. The number of carbonyl (C=O) groups excluding carboxylic acids is 1. The molecule has 2 rings (SSSR count). The molecule has 0 aromatic heterocycles. The van der Waals surface area contributed by atoms with Crippen molar-refractivity contribution in [1.29, 1.82) is 0 Å². The summed E-state index contributed by atoms with van der Waals surface area (Å²) >= 11 is 5.95. The lowest BCUT2D eigenvalue weighted by molar-refractivity contribution is 0.0793. The minimum atomic E-state index is -3.22. The zero-order valence-electron chi connectivity index (χ0n) is 9.97. The molecule has 1 aromatic carbocycles. The monoisotopic (exact) mass is 287 g/mol. The number of amides is 1. The van der Waals surface area contributed by atoms with Gasteiger partial charge in [-0.3, -0.25) is 4.79 Å². The van der Waals surface area contributed by atoms with Gasteiger partial charge in [0.05, 0.1) is 10.3 Å². The number of carbonyl (C=O) groups is 1. The Bertz CT molecular complexity index is 553. The Morgan fingerprint density at radius 2 is 1.94 bits per heavy atom. The molecule has 18 heavy (non-hydrogen) atoms. The van der Waals surface area contributed by atoms with Crippen LogP contribution in [0.2, 0.25) is 0 Å². The van der Waals surface area contributed by atoms with E-state index in [4.69, 9.17) is 11.6 Å². The molecular formula is C12H14ClNO3S. The highest BCUT2D eigenvalue weighted by atomic mass is 35.5. The van der Waals surface area contributed by atoms with Crippen LogP contribution in [0.25, 0.3) is 0 Å². The van der Waals surface area contributed by atoms with Gasteiger partial charge < -0.3 is 4.90 Å². The second-order valence-corrected chi connectivity index (χ2v) is 7.07. The van der Waals surface area contributed by atoms with Crippen molar-refractivity contribution in [3.05, 3.63) is 29.8 Å². The number of nitrogens with zero attached hydrogens (tertiary/aromatic N) is 1. The van der Waals surface area contributed by atoms with Gasteiger partial charge in [-0.25, -0.2) is 8.42 Å². The second kappa shape index (κ2) is 4.90. The van der Waals surface area contributed by atoms with Gasteiger partial charge in [0.25, 0.3) is 5.91 Å². The highest BCUT2D eigenvalue weighted by Crippen LogP contribution is 2.18. The zero-order valence-corrected chi connectivity index (χ0v) is 11.5. The van der Waals surface area contributed by atoms with Crippen LogP contribution in [-0.2, 0) is 9.84 Å². The van der Waals surface area contributed by atoms with Crippen molar-refractivity contribution in [2.75, 3.05) is 19.3 Å². The van der Waals surface area contributed by atoms with Crippen LogP contribution < -0.4 is 0 Å². The van der Waals surface area contributed by atoms with Gasteiger partial charge in [-0.2, -0.15) is 0 Å². The first-order valence-corrected chi connectivity index (χ1v) is 7.94. The van der Waals surface area contributed by atoms with Crippen LogP contribution in [0.3, 0.4) is 0 Å². The van der Waals surface area contributed by atoms with Crippen molar-refractivity contribution < 1.29 is 13.2 Å². The van der Waals surface area contributed by atoms with E-state index in [-0.39, 0.29) is 16.2 Å². The predicted molar refractivity (Wildman–Crippen MR) is 69.7 cm³/mol. The third-order valence-electron chi connectivity index (χ3n) is 2.95. The second-order valence-electron chi connectivity index (χ2n) is 4.43. The van der Waals surface area contributed by atoms with Crippen LogP contribution in [0.4, 0.5) is 0 Å². The van der Waals surface area contributed by atoms with Crippen molar-refractivity contribution in [1.82, 2.24) is 4.90 Å². The normalized spacial score (nSPS) is 20.1. The average molecular weight is 288 g/mol. The molecule has 1 aliphatic heterocycles. The summed E-state index contributed by atoms with van der Waals surface area (Å²) in [7, 11) is -3.22. The van der Waals surface area contributed by atoms with Gasteiger partial charge >= 0.3 is 0 Å². The summed E-state index contributed by atoms with van der Waals surface area (Å²) in [4.78, 5) is 14.0. The lowest BCUT2D eigenvalue weighted by Crippen LogP contribution is -2.28. The minimum absolute atomic E-state index is 0.0178. The lowest BCUT2D eigenvalue weighted by atomic mass is 10.2. The van der Waals surface area contributed by atoms with Crippen LogP contribution in [0, 0.1) is 0 Å². The molecule has 1 aliphatic rings. The summed E-state index contributed by atoms with van der Waals surface area (Å²) in [5.74, 6) is -0.0989. The maximum absolute atomic E-state index is 12.1. The molecule has 0 saturated carbocycles. The van der Waals surface area contributed by atoms with E-state index in [1.807, 2.05) is 0 Å². The number of alkyl halides is 1. The maximum atomic E-state index is 12.1. The molecule has 0 N–H and O–H groups in total. The number of halogens is 1. The standard InChI is InChI=1S/C12H14ClNO3S/c1-18(16,17)11-4-2-9(3-5-11)12(15)14-7-6-10(13)8-14/h2-5,10H,6-8H2,1H3. The van der Waals surface area contributed by atoms with Crippen LogP contribution in [0.15, 0.2) is 29.2 Å². The van der Waals surface area contributed by atoms with E-state index in [9.17, 15) is 13.2 Å². The van der Waals surface area contributed by atoms with Crippen molar-refractivity contribution in [3.63, 3.8) is 0 Å². The number of sulfone groups is 1. The molecule has 0 radical (unpaired) electrons. The third kappa shape index (κ3) is 2.84. The maximum Gasteiger partial charge on any atom is 0.253 e. The van der Waals surface area contributed by atoms with E-state index in [0.29, 0.717) is 18.7 Å². The molecule has 1 atom stereocenters. The average Bonchev–Trinajstić information content (AvgIpc) is 2.74.